The number of aromatic amines is 1. The van der Waals surface area contributed by atoms with Gasteiger partial charge in [0.25, 0.3) is 5.91 Å². The summed E-state index contributed by atoms with van der Waals surface area (Å²) in [5.41, 5.74) is 2.86. The number of carbonyl (C=O) groups is 1. The number of morpholine rings is 1. The molecule has 0 radical (unpaired) electrons. The van der Waals surface area contributed by atoms with Crippen LogP contribution in [-0.4, -0.2) is 45.4 Å². The van der Waals surface area contributed by atoms with Crippen LogP contribution in [0.2, 0.25) is 0 Å². The number of H-pyrrole nitrogens is 1. The van der Waals surface area contributed by atoms with Gasteiger partial charge in [-0.25, -0.2) is 0 Å². The van der Waals surface area contributed by atoms with E-state index in [9.17, 15) is 4.79 Å². The van der Waals surface area contributed by atoms with E-state index in [1.165, 1.54) is 0 Å². The smallest absolute Gasteiger partial charge is 0.276 e. The molecule has 1 saturated heterocycles. The molecule has 4 rings (SSSR count). The van der Waals surface area contributed by atoms with Gasteiger partial charge >= 0.3 is 0 Å². The molecule has 2 aromatic carbocycles. The van der Waals surface area contributed by atoms with E-state index in [1.54, 1.807) is 4.90 Å². The normalized spacial score (nSPS) is 20.1. The minimum Gasteiger partial charge on any atom is -0.367 e. The zero-order valence-corrected chi connectivity index (χ0v) is 14.5. The Bertz CT molecular complexity index is 879. The molecule has 0 unspecified atom stereocenters. The molecule has 3 aromatic rings. The summed E-state index contributed by atoms with van der Waals surface area (Å²) < 4.78 is 6.05. The molecular weight excluding hydrogens is 328 g/mol. The van der Waals surface area contributed by atoms with Gasteiger partial charge in [0.1, 0.15) is 11.8 Å². The fourth-order valence-electron chi connectivity index (χ4n) is 3.30. The Morgan fingerprint density at radius 2 is 1.73 bits per heavy atom. The predicted octanol–water partition coefficient (Wildman–Crippen LogP) is 3.07. The van der Waals surface area contributed by atoms with Gasteiger partial charge in [0.05, 0.1) is 12.6 Å². The minimum atomic E-state index is -0.143. The lowest BCUT2D eigenvalue weighted by atomic mass is 10.1. The largest absolute Gasteiger partial charge is 0.367 e. The van der Waals surface area contributed by atoms with Crippen LogP contribution in [-0.2, 0) is 4.74 Å². The van der Waals surface area contributed by atoms with Gasteiger partial charge < -0.3 is 9.64 Å². The number of aromatic nitrogens is 3. The van der Waals surface area contributed by atoms with Gasteiger partial charge in [-0.1, -0.05) is 60.7 Å². The Labute approximate surface area is 151 Å². The molecule has 26 heavy (non-hydrogen) atoms. The van der Waals surface area contributed by atoms with Crippen molar-refractivity contribution < 1.29 is 9.53 Å². The highest BCUT2D eigenvalue weighted by molar-refractivity contribution is 5.98. The highest BCUT2D eigenvalue weighted by Gasteiger charge is 2.32. The molecule has 1 amide bonds. The van der Waals surface area contributed by atoms with E-state index in [2.05, 4.69) is 15.4 Å². The summed E-state index contributed by atoms with van der Waals surface area (Å²) in [6.07, 6.45) is -0.194. The number of amides is 1. The maximum Gasteiger partial charge on any atom is 0.276 e. The lowest BCUT2D eigenvalue weighted by Crippen LogP contribution is -2.46. The molecule has 1 N–H and O–H groups in total. The van der Waals surface area contributed by atoms with Crippen molar-refractivity contribution in [2.75, 3.05) is 13.1 Å². The van der Waals surface area contributed by atoms with Crippen LogP contribution < -0.4 is 0 Å². The molecule has 2 atom stereocenters. The number of hydrogen-bond acceptors (Lipinski definition) is 4. The second kappa shape index (κ2) is 7.09. The van der Waals surface area contributed by atoms with E-state index in [-0.39, 0.29) is 18.1 Å². The Morgan fingerprint density at radius 3 is 2.46 bits per heavy atom. The Morgan fingerprint density at radius 1 is 1.04 bits per heavy atom. The quantitative estimate of drug-likeness (QED) is 0.790. The summed E-state index contributed by atoms with van der Waals surface area (Å²) in [6.45, 7) is 3.01. The number of carbonyl (C=O) groups excluding carboxylic acids is 1. The first kappa shape index (κ1) is 16.5. The number of hydrogen-bond donors (Lipinski definition) is 1. The maximum atomic E-state index is 13.1. The minimum absolute atomic E-state index is 0.0509. The SMILES string of the molecule is C[C@H]1CN(C(=O)c2n[nH]nc2-c2ccccc2)C[C@@H](c2ccccc2)O1. The van der Waals surface area contributed by atoms with Crippen LogP contribution >= 0.6 is 0 Å². The van der Waals surface area contributed by atoms with Crippen LogP contribution in [0.4, 0.5) is 0 Å². The van der Waals surface area contributed by atoms with Gasteiger partial charge in [-0.15, -0.1) is 0 Å². The molecule has 0 spiro atoms. The summed E-state index contributed by atoms with van der Waals surface area (Å²) in [5.74, 6) is -0.131. The van der Waals surface area contributed by atoms with E-state index in [1.807, 2.05) is 67.6 Å². The number of ether oxygens (including phenoxy) is 1. The average molecular weight is 348 g/mol. The molecule has 0 saturated carbocycles. The van der Waals surface area contributed by atoms with Crippen molar-refractivity contribution in [3.8, 4) is 11.3 Å². The Kier molecular flexibility index (Phi) is 4.50. The first-order chi connectivity index (χ1) is 12.7. The Hall–Kier alpha value is -2.99. The van der Waals surface area contributed by atoms with E-state index >= 15 is 0 Å². The summed E-state index contributed by atoms with van der Waals surface area (Å²) in [7, 11) is 0. The van der Waals surface area contributed by atoms with Gasteiger partial charge in [-0.05, 0) is 12.5 Å². The third kappa shape index (κ3) is 3.23. The fourth-order valence-corrected chi connectivity index (χ4v) is 3.30. The van der Waals surface area contributed by atoms with Crippen LogP contribution in [0.25, 0.3) is 11.3 Å². The third-order valence-electron chi connectivity index (χ3n) is 4.52. The van der Waals surface area contributed by atoms with Gasteiger partial charge in [-0.3, -0.25) is 4.79 Å². The molecule has 1 aromatic heterocycles. The van der Waals surface area contributed by atoms with Crippen molar-refractivity contribution in [1.29, 1.82) is 0 Å². The summed E-state index contributed by atoms with van der Waals surface area (Å²) in [5, 5.41) is 10.9. The topological polar surface area (TPSA) is 71.1 Å². The van der Waals surface area contributed by atoms with E-state index in [4.69, 9.17) is 4.74 Å². The molecule has 0 bridgehead atoms. The van der Waals surface area contributed by atoms with Crippen molar-refractivity contribution in [3.63, 3.8) is 0 Å². The molecule has 0 aliphatic carbocycles. The maximum absolute atomic E-state index is 13.1. The molecule has 6 nitrogen and oxygen atoms in total. The van der Waals surface area contributed by atoms with Crippen molar-refractivity contribution in [1.82, 2.24) is 20.3 Å². The van der Waals surface area contributed by atoms with Crippen molar-refractivity contribution in [2.24, 2.45) is 0 Å². The molecule has 2 heterocycles. The lowest BCUT2D eigenvalue weighted by Gasteiger charge is -2.36. The zero-order chi connectivity index (χ0) is 17.9. The summed E-state index contributed by atoms with van der Waals surface area (Å²) in [6, 6.07) is 19.6. The lowest BCUT2D eigenvalue weighted by molar-refractivity contribution is -0.0692. The number of rotatable bonds is 3. The molecule has 6 heteroatoms. The number of nitrogens with zero attached hydrogens (tertiary/aromatic N) is 3. The van der Waals surface area contributed by atoms with E-state index < -0.39 is 0 Å². The van der Waals surface area contributed by atoms with Gasteiger partial charge in [0.2, 0.25) is 0 Å². The van der Waals surface area contributed by atoms with E-state index in [0.29, 0.717) is 24.5 Å². The average Bonchev–Trinajstić information content (AvgIpc) is 3.18. The first-order valence-electron chi connectivity index (χ1n) is 8.68. The van der Waals surface area contributed by atoms with Crippen LogP contribution in [0, 0.1) is 0 Å². The third-order valence-corrected chi connectivity index (χ3v) is 4.52. The van der Waals surface area contributed by atoms with Crippen LogP contribution in [0.15, 0.2) is 60.7 Å². The van der Waals surface area contributed by atoms with Gasteiger partial charge in [-0.2, -0.15) is 15.4 Å². The molecule has 1 aliphatic heterocycles. The standard InChI is InChI=1S/C20H20N4O2/c1-14-12-24(13-17(26-14)15-8-4-2-5-9-15)20(25)19-18(21-23-22-19)16-10-6-3-7-11-16/h2-11,14,17H,12-13H2,1H3,(H,21,22,23)/t14-,17-/m0/s1. The second-order valence-corrected chi connectivity index (χ2v) is 6.44. The van der Waals surface area contributed by atoms with Crippen molar-refractivity contribution in [2.45, 2.75) is 19.1 Å². The zero-order valence-electron chi connectivity index (χ0n) is 14.5. The van der Waals surface area contributed by atoms with Crippen LogP contribution in [0.5, 0.6) is 0 Å². The van der Waals surface area contributed by atoms with Crippen LogP contribution in [0.1, 0.15) is 29.1 Å². The van der Waals surface area contributed by atoms with Gasteiger partial charge in [0.15, 0.2) is 5.69 Å². The highest BCUT2D eigenvalue weighted by atomic mass is 16.5. The number of nitrogens with one attached hydrogen (secondary N) is 1. The number of benzene rings is 2. The second-order valence-electron chi connectivity index (χ2n) is 6.44. The fraction of sp³-hybridized carbons (Fsp3) is 0.250. The Balaban J connectivity index is 1.60. The van der Waals surface area contributed by atoms with E-state index in [0.717, 1.165) is 11.1 Å². The monoisotopic (exact) mass is 348 g/mol. The molecule has 132 valence electrons. The van der Waals surface area contributed by atoms with Gasteiger partial charge in [0, 0.05) is 12.1 Å². The molecular formula is C20H20N4O2. The molecule has 1 aliphatic rings. The highest BCUT2D eigenvalue weighted by Crippen LogP contribution is 2.27. The van der Waals surface area contributed by atoms with Crippen LogP contribution in [0.3, 0.4) is 0 Å². The van der Waals surface area contributed by atoms with Crippen molar-refractivity contribution in [3.05, 3.63) is 71.9 Å². The predicted molar refractivity (Wildman–Crippen MR) is 97.5 cm³/mol. The van der Waals surface area contributed by atoms with Crippen molar-refractivity contribution >= 4 is 5.91 Å². The summed E-state index contributed by atoms with van der Waals surface area (Å²) in [4.78, 5) is 14.9. The first-order valence-corrected chi connectivity index (χ1v) is 8.68. The summed E-state index contributed by atoms with van der Waals surface area (Å²) >= 11 is 0. The molecule has 1 fully saturated rings.